The van der Waals surface area contributed by atoms with E-state index in [4.69, 9.17) is 4.52 Å². The van der Waals surface area contributed by atoms with Crippen molar-refractivity contribution in [3.05, 3.63) is 11.5 Å². The first-order valence-electron chi connectivity index (χ1n) is 11.3. The van der Waals surface area contributed by atoms with E-state index < -0.39 is 10.0 Å². The first-order valence-corrected chi connectivity index (χ1v) is 12.7. The van der Waals surface area contributed by atoms with E-state index >= 15 is 0 Å². The van der Waals surface area contributed by atoms with Gasteiger partial charge in [0.25, 0.3) is 0 Å². The Morgan fingerprint density at radius 1 is 1.10 bits per heavy atom. The molecule has 0 bridgehead atoms. The Hall–Kier alpha value is -1.45. The van der Waals surface area contributed by atoms with Gasteiger partial charge in [-0.25, -0.2) is 8.42 Å². The first kappa shape index (κ1) is 21.8. The van der Waals surface area contributed by atoms with Crippen LogP contribution < -0.4 is 0 Å². The van der Waals surface area contributed by atoms with Crippen LogP contribution in [0.15, 0.2) is 9.42 Å². The largest absolute Gasteiger partial charge is 0.360 e. The monoisotopic (exact) mass is 438 g/mol. The van der Waals surface area contributed by atoms with Crippen LogP contribution in [0, 0.1) is 19.8 Å². The molecule has 4 rings (SSSR count). The van der Waals surface area contributed by atoms with Crippen molar-refractivity contribution in [1.29, 1.82) is 0 Å². The topological polar surface area (TPSA) is 87.0 Å². The van der Waals surface area contributed by atoms with Gasteiger partial charge in [0, 0.05) is 38.3 Å². The Kier molecular flexibility index (Phi) is 6.23. The second kappa shape index (κ2) is 8.59. The van der Waals surface area contributed by atoms with Gasteiger partial charge in [0.15, 0.2) is 5.76 Å². The standard InChI is InChI=1S/C21H34N4O4S/c1-4-23-12-9-19(10-13-23)25(18-7-8-18)21(26)17-6-5-11-24(14-17)30(27,28)20-15(2)22-29-16(20)3/h17-19H,4-14H2,1-3H3. The number of nitrogens with zero attached hydrogens (tertiary/aromatic N) is 4. The van der Waals surface area contributed by atoms with E-state index in [-0.39, 0.29) is 23.3 Å². The van der Waals surface area contributed by atoms with Crippen LogP contribution in [0.3, 0.4) is 0 Å². The average molecular weight is 439 g/mol. The molecular weight excluding hydrogens is 404 g/mol. The van der Waals surface area contributed by atoms with E-state index in [0.717, 1.165) is 51.7 Å². The van der Waals surface area contributed by atoms with Gasteiger partial charge in [0.1, 0.15) is 10.6 Å². The summed E-state index contributed by atoms with van der Waals surface area (Å²) < 4.78 is 33.0. The maximum Gasteiger partial charge on any atom is 0.248 e. The zero-order valence-electron chi connectivity index (χ0n) is 18.3. The molecule has 1 amide bonds. The Balaban J connectivity index is 1.49. The number of hydrogen-bond donors (Lipinski definition) is 0. The summed E-state index contributed by atoms with van der Waals surface area (Å²) in [6.07, 6.45) is 5.64. The van der Waals surface area contributed by atoms with Gasteiger partial charge in [-0.3, -0.25) is 4.79 Å². The molecule has 1 aromatic rings. The number of hydrogen-bond acceptors (Lipinski definition) is 6. The molecule has 1 atom stereocenters. The van der Waals surface area contributed by atoms with Crippen molar-refractivity contribution in [2.24, 2.45) is 5.92 Å². The minimum absolute atomic E-state index is 0.154. The van der Waals surface area contributed by atoms with Crippen LogP contribution in [0.5, 0.6) is 0 Å². The molecule has 3 heterocycles. The van der Waals surface area contributed by atoms with Crippen LogP contribution >= 0.6 is 0 Å². The minimum Gasteiger partial charge on any atom is -0.360 e. The molecule has 8 nitrogen and oxygen atoms in total. The van der Waals surface area contributed by atoms with Crippen molar-refractivity contribution < 1.29 is 17.7 Å². The Labute approximate surface area is 179 Å². The van der Waals surface area contributed by atoms with Crippen molar-refractivity contribution in [3.8, 4) is 0 Å². The van der Waals surface area contributed by atoms with Gasteiger partial charge in [-0.15, -0.1) is 0 Å². The molecule has 0 N–H and O–H groups in total. The third-order valence-electron chi connectivity index (χ3n) is 6.89. The number of aromatic nitrogens is 1. The molecule has 2 saturated heterocycles. The van der Waals surface area contributed by atoms with Crippen molar-refractivity contribution >= 4 is 15.9 Å². The fraction of sp³-hybridized carbons (Fsp3) is 0.810. The lowest BCUT2D eigenvalue weighted by atomic mass is 9.95. The second-order valence-electron chi connectivity index (χ2n) is 9.00. The lowest BCUT2D eigenvalue weighted by molar-refractivity contribution is -0.140. The fourth-order valence-corrected chi connectivity index (χ4v) is 6.88. The molecule has 1 saturated carbocycles. The number of amides is 1. The maximum absolute atomic E-state index is 13.6. The summed E-state index contributed by atoms with van der Waals surface area (Å²) in [5.41, 5.74) is 0.378. The van der Waals surface area contributed by atoms with E-state index in [1.165, 1.54) is 4.31 Å². The van der Waals surface area contributed by atoms with Crippen molar-refractivity contribution in [2.75, 3.05) is 32.7 Å². The number of likely N-dealkylation sites (tertiary alicyclic amines) is 1. The summed E-state index contributed by atoms with van der Waals surface area (Å²) >= 11 is 0. The minimum atomic E-state index is -3.71. The predicted octanol–water partition coefficient (Wildman–Crippen LogP) is 2.17. The number of rotatable bonds is 6. The van der Waals surface area contributed by atoms with E-state index in [2.05, 4.69) is 21.9 Å². The van der Waals surface area contributed by atoms with Crippen molar-refractivity contribution in [2.45, 2.75) is 76.3 Å². The number of piperidine rings is 2. The van der Waals surface area contributed by atoms with Crippen LogP contribution in [0.25, 0.3) is 0 Å². The Morgan fingerprint density at radius 3 is 2.33 bits per heavy atom. The summed E-state index contributed by atoms with van der Waals surface area (Å²) in [5.74, 6) is 0.202. The normalized spacial score (nSPS) is 24.8. The Morgan fingerprint density at radius 2 is 1.77 bits per heavy atom. The van der Waals surface area contributed by atoms with Crippen LogP contribution in [0.4, 0.5) is 0 Å². The molecule has 1 aromatic heterocycles. The van der Waals surface area contributed by atoms with Gasteiger partial charge in [0.05, 0.1) is 5.92 Å². The molecule has 2 aliphatic heterocycles. The van der Waals surface area contributed by atoms with Crippen molar-refractivity contribution in [1.82, 2.24) is 19.3 Å². The number of sulfonamides is 1. The highest BCUT2D eigenvalue weighted by molar-refractivity contribution is 7.89. The lowest BCUT2D eigenvalue weighted by Crippen LogP contribution is -2.53. The van der Waals surface area contributed by atoms with E-state index in [0.29, 0.717) is 36.5 Å². The first-order chi connectivity index (χ1) is 14.3. The van der Waals surface area contributed by atoms with E-state index in [1.54, 1.807) is 13.8 Å². The smallest absolute Gasteiger partial charge is 0.248 e. The molecule has 0 spiro atoms. The summed E-state index contributed by atoms with van der Waals surface area (Å²) in [6.45, 7) is 9.27. The highest BCUT2D eigenvalue weighted by Crippen LogP contribution is 2.35. The predicted molar refractivity (Wildman–Crippen MR) is 112 cm³/mol. The molecule has 1 aliphatic carbocycles. The molecule has 1 unspecified atom stereocenters. The van der Waals surface area contributed by atoms with Crippen LogP contribution in [-0.2, 0) is 14.8 Å². The summed E-state index contributed by atoms with van der Waals surface area (Å²) in [5, 5.41) is 3.81. The van der Waals surface area contributed by atoms with E-state index in [9.17, 15) is 13.2 Å². The highest BCUT2D eigenvalue weighted by Gasteiger charge is 2.43. The van der Waals surface area contributed by atoms with Gasteiger partial charge in [-0.1, -0.05) is 12.1 Å². The zero-order valence-corrected chi connectivity index (χ0v) is 19.2. The molecule has 0 aromatic carbocycles. The maximum atomic E-state index is 13.6. The SMILES string of the molecule is CCN1CCC(N(C(=O)C2CCCN(S(=O)(=O)c3c(C)noc3C)C2)C2CC2)CC1. The van der Waals surface area contributed by atoms with Gasteiger partial charge in [-0.05, 0) is 58.9 Å². The molecular formula is C21H34N4O4S. The van der Waals surface area contributed by atoms with Crippen LogP contribution in [-0.4, -0.2) is 78.4 Å². The lowest BCUT2D eigenvalue weighted by Gasteiger charge is -2.41. The third kappa shape index (κ3) is 4.16. The Bertz CT molecular complexity index is 852. The molecule has 0 radical (unpaired) electrons. The zero-order chi connectivity index (χ0) is 21.5. The summed E-state index contributed by atoms with van der Waals surface area (Å²) in [6, 6.07) is 0.646. The van der Waals surface area contributed by atoms with Gasteiger partial charge in [0.2, 0.25) is 15.9 Å². The molecule has 3 fully saturated rings. The van der Waals surface area contributed by atoms with Gasteiger partial charge in [-0.2, -0.15) is 4.31 Å². The molecule has 30 heavy (non-hydrogen) atoms. The van der Waals surface area contributed by atoms with Crippen LogP contribution in [0.2, 0.25) is 0 Å². The second-order valence-corrected chi connectivity index (χ2v) is 10.9. The van der Waals surface area contributed by atoms with E-state index in [1.807, 2.05) is 0 Å². The molecule has 3 aliphatic rings. The summed E-state index contributed by atoms with van der Waals surface area (Å²) in [7, 11) is -3.71. The van der Waals surface area contributed by atoms with Gasteiger partial charge >= 0.3 is 0 Å². The van der Waals surface area contributed by atoms with Crippen molar-refractivity contribution in [3.63, 3.8) is 0 Å². The summed E-state index contributed by atoms with van der Waals surface area (Å²) in [4.78, 5) is 18.3. The van der Waals surface area contributed by atoms with Gasteiger partial charge < -0.3 is 14.3 Å². The third-order valence-corrected chi connectivity index (χ3v) is 9.00. The number of carbonyl (C=O) groups is 1. The van der Waals surface area contributed by atoms with Crippen LogP contribution in [0.1, 0.15) is 56.9 Å². The molecule has 9 heteroatoms. The molecule has 168 valence electrons. The quantitative estimate of drug-likeness (QED) is 0.677. The number of carbonyl (C=O) groups excluding carboxylic acids is 1. The highest BCUT2D eigenvalue weighted by atomic mass is 32.2. The fourth-order valence-electron chi connectivity index (χ4n) is 5.07. The average Bonchev–Trinajstić information content (AvgIpc) is 3.52. The number of aryl methyl sites for hydroxylation is 2.